The summed E-state index contributed by atoms with van der Waals surface area (Å²) in [5.74, 6) is 0.357. The van der Waals surface area contributed by atoms with Gasteiger partial charge in [0.2, 0.25) is 0 Å². The maximum atomic E-state index is 5.98. The van der Waals surface area contributed by atoms with Gasteiger partial charge in [0.25, 0.3) is 0 Å². The Hall–Kier alpha value is 0.270. The van der Waals surface area contributed by atoms with Crippen LogP contribution >= 0.6 is 58.0 Å². The monoisotopic (exact) mass is 306 g/mol. The predicted octanol–water partition coefficient (Wildman–Crippen LogP) is 4.82. The van der Waals surface area contributed by atoms with Crippen molar-refractivity contribution >= 4 is 58.0 Å². The lowest BCUT2D eigenvalue weighted by atomic mass is 10.2. The molecule has 0 aromatic heterocycles. The Morgan fingerprint density at radius 3 is 1.87 bits per heavy atom. The van der Waals surface area contributed by atoms with E-state index in [0.717, 1.165) is 0 Å². The first-order valence-corrected chi connectivity index (χ1v) is 5.65. The van der Waals surface area contributed by atoms with Crippen molar-refractivity contribution in [2.24, 2.45) is 0 Å². The van der Waals surface area contributed by atoms with Gasteiger partial charge in [-0.25, -0.2) is 0 Å². The number of ether oxygens (including phenoxy) is 2. The van der Waals surface area contributed by atoms with Crippen LogP contribution in [0.15, 0.2) is 0 Å². The molecule has 0 atom stereocenters. The largest absolute Gasteiger partial charge is 0.422 e. The summed E-state index contributed by atoms with van der Waals surface area (Å²) in [6, 6.07) is 0. The lowest BCUT2D eigenvalue weighted by molar-refractivity contribution is 0.0850. The molecule has 2 nitrogen and oxygen atoms in total. The van der Waals surface area contributed by atoms with E-state index in [1.165, 1.54) is 0 Å². The van der Waals surface area contributed by atoms with E-state index >= 15 is 0 Å². The molecule has 0 amide bonds. The first-order valence-electron chi connectivity index (χ1n) is 3.76. The highest BCUT2D eigenvalue weighted by Crippen LogP contribution is 2.54. The van der Waals surface area contributed by atoms with E-state index in [1.54, 1.807) is 6.92 Å². The molecule has 1 aliphatic rings. The fraction of sp³-hybridized carbons (Fsp3) is 0.250. The molecule has 1 heterocycles. The minimum absolute atomic E-state index is 0.155. The summed E-state index contributed by atoms with van der Waals surface area (Å²) in [7, 11) is 0. The molecule has 1 aromatic carbocycles. The highest BCUT2D eigenvalue weighted by molar-refractivity contribution is 6.48. The van der Waals surface area contributed by atoms with E-state index in [-0.39, 0.29) is 26.6 Å². The third-order valence-electron chi connectivity index (χ3n) is 1.90. The average Bonchev–Trinajstić information content (AvgIpc) is 2.48. The van der Waals surface area contributed by atoms with E-state index < -0.39 is 4.71 Å². The van der Waals surface area contributed by atoms with E-state index in [2.05, 4.69) is 0 Å². The van der Waals surface area contributed by atoms with E-state index in [1.807, 2.05) is 0 Å². The molecule has 1 aliphatic heterocycles. The van der Waals surface area contributed by atoms with Gasteiger partial charge in [0.1, 0.15) is 5.02 Å². The van der Waals surface area contributed by atoms with Gasteiger partial charge in [-0.3, -0.25) is 0 Å². The van der Waals surface area contributed by atoms with E-state index in [0.29, 0.717) is 5.56 Å². The third-order valence-corrected chi connectivity index (χ3v) is 3.59. The van der Waals surface area contributed by atoms with Crippen molar-refractivity contribution in [1.29, 1.82) is 0 Å². The number of hydrogen-bond donors (Lipinski definition) is 0. The predicted molar refractivity (Wildman–Crippen MR) is 61.9 cm³/mol. The van der Waals surface area contributed by atoms with Gasteiger partial charge in [0, 0.05) is 0 Å². The van der Waals surface area contributed by atoms with Crippen LogP contribution in [0.5, 0.6) is 11.5 Å². The lowest BCUT2D eigenvalue weighted by Crippen LogP contribution is -2.23. The van der Waals surface area contributed by atoms with Gasteiger partial charge >= 0.3 is 4.71 Å². The van der Waals surface area contributed by atoms with Crippen LogP contribution in [0.3, 0.4) is 0 Å². The standard InChI is InChI=1S/C8H3Cl5O2/c1-2-3(9)5(11)7-6(4(2)10)14-8(12,13)15-7/h1H3. The van der Waals surface area contributed by atoms with Crippen molar-refractivity contribution in [2.75, 3.05) is 0 Å². The molecular formula is C8H3Cl5O2. The molecule has 0 saturated carbocycles. The molecular weight excluding hydrogens is 305 g/mol. The molecule has 0 aliphatic carbocycles. The van der Waals surface area contributed by atoms with Crippen LogP contribution in [-0.2, 0) is 0 Å². The Bertz CT molecular complexity index is 404. The summed E-state index contributed by atoms with van der Waals surface area (Å²) < 4.78 is 8.31. The van der Waals surface area contributed by atoms with Gasteiger partial charge in [-0.05, 0) is 35.7 Å². The normalized spacial score (nSPS) is 16.9. The molecule has 0 fully saturated rings. The minimum atomic E-state index is -1.81. The van der Waals surface area contributed by atoms with Crippen molar-refractivity contribution in [2.45, 2.75) is 11.6 Å². The van der Waals surface area contributed by atoms with Crippen molar-refractivity contribution in [1.82, 2.24) is 0 Å². The maximum absolute atomic E-state index is 5.98. The number of hydrogen-bond acceptors (Lipinski definition) is 2. The van der Waals surface area contributed by atoms with Gasteiger partial charge in [-0.2, -0.15) is 0 Å². The number of rotatable bonds is 0. The molecule has 0 radical (unpaired) electrons. The molecule has 7 heteroatoms. The summed E-state index contributed by atoms with van der Waals surface area (Å²) in [6.07, 6.45) is 0. The van der Waals surface area contributed by atoms with E-state index in [4.69, 9.17) is 67.5 Å². The smallest absolute Gasteiger partial charge is 0.419 e. The molecule has 0 spiro atoms. The van der Waals surface area contributed by atoms with Crippen LogP contribution in [0, 0.1) is 6.92 Å². The molecule has 15 heavy (non-hydrogen) atoms. The number of fused-ring (bicyclic) bond motifs is 1. The fourth-order valence-electron chi connectivity index (χ4n) is 1.17. The van der Waals surface area contributed by atoms with Crippen molar-refractivity contribution in [3.05, 3.63) is 20.6 Å². The zero-order valence-corrected chi connectivity index (χ0v) is 11.0. The van der Waals surface area contributed by atoms with Crippen LogP contribution < -0.4 is 9.47 Å². The van der Waals surface area contributed by atoms with Gasteiger partial charge in [-0.15, -0.1) is 0 Å². The highest BCUT2D eigenvalue weighted by Gasteiger charge is 2.42. The Kier molecular flexibility index (Phi) is 2.85. The lowest BCUT2D eigenvalue weighted by Gasteiger charge is -2.09. The molecule has 82 valence electrons. The zero-order valence-electron chi connectivity index (χ0n) is 7.21. The molecule has 0 saturated heterocycles. The molecule has 2 rings (SSSR count). The quantitative estimate of drug-likeness (QED) is 0.505. The fourth-order valence-corrected chi connectivity index (χ4v) is 2.19. The number of alkyl halides is 2. The van der Waals surface area contributed by atoms with Crippen LogP contribution in [0.25, 0.3) is 0 Å². The third kappa shape index (κ3) is 1.83. The first-order chi connectivity index (χ1) is 6.83. The van der Waals surface area contributed by atoms with Crippen LogP contribution in [0.4, 0.5) is 0 Å². The Morgan fingerprint density at radius 1 is 0.867 bits per heavy atom. The van der Waals surface area contributed by atoms with Crippen LogP contribution in [-0.4, -0.2) is 4.71 Å². The topological polar surface area (TPSA) is 18.5 Å². The second kappa shape index (κ2) is 3.64. The Morgan fingerprint density at radius 2 is 1.33 bits per heavy atom. The summed E-state index contributed by atoms with van der Waals surface area (Å²) in [5.41, 5.74) is 0.580. The summed E-state index contributed by atoms with van der Waals surface area (Å²) in [5, 5.41) is 0.745. The summed E-state index contributed by atoms with van der Waals surface area (Å²) >= 11 is 29.1. The second-order valence-corrected chi connectivity index (χ2v) is 5.22. The molecule has 1 aromatic rings. The summed E-state index contributed by atoms with van der Waals surface area (Å²) in [6.45, 7) is 1.70. The van der Waals surface area contributed by atoms with Gasteiger partial charge < -0.3 is 9.47 Å². The molecule has 0 N–H and O–H groups in total. The number of benzene rings is 1. The first kappa shape index (κ1) is 11.7. The second-order valence-electron chi connectivity index (χ2n) is 2.89. The van der Waals surface area contributed by atoms with Gasteiger partial charge in [0.15, 0.2) is 11.5 Å². The van der Waals surface area contributed by atoms with Crippen molar-refractivity contribution < 1.29 is 9.47 Å². The van der Waals surface area contributed by atoms with Crippen LogP contribution in [0.1, 0.15) is 5.56 Å². The van der Waals surface area contributed by atoms with Crippen molar-refractivity contribution in [3.8, 4) is 11.5 Å². The average molecular weight is 308 g/mol. The Balaban J connectivity index is 2.69. The summed E-state index contributed by atoms with van der Waals surface area (Å²) in [4.78, 5) is 0. The van der Waals surface area contributed by atoms with Gasteiger partial charge in [0.05, 0.1) is 10.0 Å². The van der Waals surface area contributed by atoms with Crippen molar-refractivity contribution in [3.63, 3.8) is 0 Å². The zero-order chi connectivity index (χ0) is 11.4. The maximum Gasteiger partial charge on any atom is 0.419 e. The Labute approximate surface area is 111 Å². The van der Waals surface area contributed by atoms with Crippen LogP contribution in [0.2, 0.25) is 15.1 Å². The highest BCUT2D eigenvalue weighted by atomic mass is 35.5. The van der Waals surface area contributed by atoms with Gasteiger partial charge in [-0.1, -0.05) is 34.8 Å². The minimum Gasteiger partial charge on any atom is -0.422 e. The van der Waals surface area contributed by atoms with E-state index in [9.17, 15) is 0 Å². The molecule has 0 unspecified atom stereocenters. The number of halogens is 5. The molecule has 0 bridgehead atoms. The SMILES string of the molecule is Cc1c(Cl)c(Cl)c2c(c1Cl)OC(Cl)(Cl)O2.